The van der Waals surface area contributed by atoms with Gasteiger partial charge in [0.25, 0.3) is 5.91 Å². The number of halogens is 3. The zero-order valence-electron chi connectivity index (χ0n) is 21.0. The topological polar surface area (TPSA) is 96.1 Å². The van der Waals surface area contributed by atoms with Crippen LogP contribution in [0.1, 0.15) is 47.2 Å². The average molecular weight is 529 g/mol. The van der Waals surface area contributed by atoms with Gasteiger partial charge in [-0.1, -0.05) is 12.1 Å². The van der Waals surface area contributed by atoms with Crippen LogP contribution >= 0.6 is 0 Å². The molecule has 38 heavy (non-hydrogen) atoms. The maximum absolute atomic E-state index is 12.5. The number of hydrogen-bond donors (Lipinski definition) is 1. The SMILES string of the molecule is COc1cc(-c2nc(Cc3ccc4c(cnn4C4CCCCO4)c3)n(C)n2)ccc1C(=O)NCC(F)(F)F. The van der Waals surface area contributed by atoms with Crippen LogP contribution in [0, 0.1) is 0 Å². The summed E-state index contributed by atoms with van der Waals surface area (Å²) in [6, 6.07) is 10.7. The molecule has 1 aliphatic heterocycles. The number of nitrogens with one attached hydrogen (secondary N) is 1. The minimum absolute atomic E-state index is 0.0101. The number of rotatable bonds is 7. The molecule has 0 radical (unpaired) electrons. The highest BCUT2D eigenvalue weighted by atomic mass is 19.4. The largest absolute Gasteiger partial charge is 0.496 e. The lowest BCUT2D eigenvalue weighted by atomic mass is 10.1. The first-order valence-corrected chi connectivity index (χ1v) is 12.2. The molecule has 1 saturated heterocycles. The standard InChI is InChI=1S/C26H27F3N6O3/c1-34-22(12-16-6-9-20-18(11-16)14-31-35(20)23-5-3-4-10-38-23)32-24(33-34)17-7-8-19(21(13-17)37-2)25(36)30-15-26(27,28)29/h6-9,11,13-14,23H,3-5,10,12,15H2,1-2H3,(H,30,36). The minimum Gasteiger partial charge on any atom is -0.496 e. The molecule has 1 fully saturated rings. The zero-order valence-corrected chi connectivity index (χ0v) is 21.0. The number of hydrogen-bond acceptors (Lipinski definition) is 6. The Balaban J connectivity index is 1.34. The van der Waals surface area contributed by atoms with E-state index in [0.717, 1.165) is 42.3 Å². The van der Waals surface area contributed by atoms with Gasteiger partial charge in [-0.15, -0.1) is 0 Å². The van der Waals surface area contributed by atoms with E-state index in [0.29, 0.717) is 23.6 Å². The van der Waals surface area contributed by atoms with Gasteiger partial charge < -0.3 is 14.8 Å². The van der Waals surface area contributed by atoms with Gasteiger partial charge in [0.15, 0.2) is 12.1 Å². The molecule has 0 aliphatic carbocycles. The fraction of sp³-hybridized carbons (Fsp3) is 0.385. The van der Waals surface area contributed by atoms with Crippen LogP contribution in [-0.2, 0) is 18.2 Å². The Hall–Kier alpha value is -3.93. The molecule has 0 bridgehead atoms. The summed E-state index contributed by atoms with van der Waals surface area (Å²) in [5.41, 5.74) is 2.62. The Morgan fingerprint density at radius 1 is 1.21 bits per heavy atom. The third-order valence-corrected chi connectivity index (χ3v) is 6.46. The van der Waals surface area contributed by atoms with Crippen molar-refractivity contribution in [3.63, 3.8) is 0 Å². The Morgan fingerprint density at radius 3 is 2.79 bits per heavy atom. The molecule has 1 N–H and O–H groups in total. The highest BCUT2D eigenvalue weighted by molar-refractivity contribution is 5.97. The molecule has 2 aromatic carbocycles. The second kappa shape index (κ2) is 10.4. The van der Waals surface area contributed by atoms with Crippen LogP contribution in [-0.4, -0.2) is 56.9 Å². The molecule has 1 atom stereocenters. The number of fused-ring (bicyclic) bond motifs is 1. The number of alkyl halides is 3. The van der Waals surface area contributed by atoms with E-state index in [4.69, 9.17) is 9.47 Å². The van der Waals surface area contributed by atoms with Gasteiger partial charge >= 0.3 is 6.18 Å². The molecule has 4 aromatic rings. The van der Waals surface area contributed by atoms with Crippen LogP contribution in [0.3, 0.4) is 0 Å². The summed E-state index contributed by atoms with van der Waals surface area (Å²) in [5, 5.41) is 11.9. The third-order valence-electron chi connectivity index (χ3n) is 6.46. The number of aryl methyl sites for hydroxylation is 1. The smallest absolute Gasteiger partial charge is 0.405 e. The number of amides is 1. The van der Waals surface area contributed by atoms with Crippen molar-refractivity contribution in [3.8, 4) is 17.1 Å². The summed E-state index contributed by atoms with van der Waals surface area (Å²) in [6.45, 7) is -0.679. The maximum atomic E-state index is 12.5. The lowest BCUT2D eigenvalue weighted by Gasteiger charge is -2.23. The van der Waals surface area contributed by atoms with E-state index in [9.17, 15) is 18.0 Å². The lowest BCUT2D eigenvalue weighted by Crippen LogP contribution is -2.33. The predicted molar refractivity (Wildman–Crippen MR) is 133 cm³/mol. The summed E-state index contributed by atoms with van der Waals surface area (Å²) in [5.74, 6) is 0.370. The molecule has 5 rings (SSSR count). The van der Waals surface area contributed by atoms with Gasteiger partial charge in [-0.05, 0) is 49.1 Å². The van der Waals surface area contributed by atoms with Crippen molar-refractivity contribution in [2.75, 3.05) is 20.3 Å². The van der Waals surface area contributed by atoms with E-state index in [-0.39, 0.29) is 17.5 Å². The van der Waals surface area contributed by atoms with Crippen molar-refractivity contribution in [3.05, 3.63) is 59.5 Å². The van der Waals surface area contributed by atoms with E-state index >= 15 is 0 Å². The number of aromatic nitrogens is 5. The summed E-state index contributed by atoms with van der Waals surface area (Å²) in [6.07, 6.45) is 0.979. The van der Waals surface area contributed by atoms with Crippen LogP contribution in [0.2, 0.25) is 0 Å². The Morgan fingerprint density at radius 2 is 2.05 bits per heavy atom. The number of benzene rings is 2. The second-order valence-electron chi connectivity index (χ2n) is 9.17. The monoisotopic (exact) mass is 528 g/mol. The first kappa shape index (κ1) is 25.7. The average Bonchev–Trinajstić information content (AvgIpc) is 3.50. The van der Waals surface area contributed by atoms with Crippen molar-refractivity contribution in [2.24, 2.45) is 7.05 Å². The third kappa shape index (κ3) is 5.49. The van der Waals surface area contributed by atoms with Crippen molar-refractivity contribution >= 4 is 16.8 Å². The fourth-order valence-corrected chi connectivity index (χ4v) is 4.53. The summed E-state index contributed by atoms with van der Waals surface area (Å²) >= 11 is 0. The number of ether oxygens (including phenoxy) is 2. The summed E-state index contributed by atoms with van der Waals surface area (Å²) < 4.78 is 52.2. The molecule has 2 aromatic heterocycles. The molecule has 3 heterocycles. The van der Waals surface area contributed by atoms with Crippen LogP contribution in [0.4, 0.5) is 13.2 Å². The Kier molecular flexibility index (Phi) is 7.06. The first-order valence-electron chi connectivity index (χ1n) is 12.2. The van der Waals surface area contributed by atoms with E-state index in [1.807, 2.05) is 28.3 Å². The van der Waals surface area contributed by atoms with Gasteiger partial charge in [0, 0.05) is 31.0 Å². The van der Waals surface area contributed by atoms with Crippen molar-refractivity contribution < 1.29 is 27.4 Å². The van der Waals surface area contributed by atoms with Gasteiger partial charge in [-0.25, -0.2) is 9.67 Å². The van der Waals surface area contributed by atoms with Gasteiger partial charge in [-0.3, -0.25) is 9.48 Å². The molecule has 1 aliphatic rings. The highest BCUT2D eigenvalue weighted by Crippen LogP contribution is 2.28. The Labute approximate surface area is 216 Å². The molecule has 1 unspecified atom stereocenters. The highest BCUT2D eigenvalue weighted by Gasteiger charge is 2.28. The Bertz CT molecular complexity index is 1460. The molecule has 200 valence electrons. The van der Waals surface area contributed by atoms with Crippen molar-refractivity contribution in [1.82, 2.24) is 29.9 Å². The lowest BCUT2D eigenvalue weighted by molar-refractivity contribution is -0.123. The normalized spacial score (nSPS) is 16.1. The molecule has 12 heteroatoms. The van der Waals surface area contributed by atoms with Gasteiger partial charge in [-0.2, -0.15) is 23.4 Å². The van der Waals surface area contributed by atoms with E-state index in [2.05, 4.69) is 21.2 Å². The van der Waals surface area contributed by atoms with Crippen LogP contribution in [0.5, 0.6) is 5.75 Å². The van der Waals surface area contributed by atoms with E-state index < -0.39 is 18.6 Å². The first-order chi connectivity index (χ1) is 18.2. The predicted octanol–water partition coefficient (Wildman–Crippen LogP) is 4.42. The zero-order chi connectivity index (χ0) is 26.9. The van der Waals surface area contributed by atoms with Crippen LogP contribution in [0.25, 0.3) is 22.3 Å². The molecular weight excluding hydrogens is 501 g/mol. The fourth-order valence-electron chi connectivity index (χ4n) is 4.53. The number of nitrogens with zero attached hydrogens (tertiary/aromatic N) is 5. The number of carbonyl (C=O) groups is 1. The molecule has 9 nitrogen and oxygen atoms in total. The van der Waals surface area contributed by atoms with Gasteiger partial charge in [0.1, 0.15) is 18.1 Å². The van der Waals surface area contributed by atoms with E-state index in [1.54, 1.807) is 17.8 Å². The minimum atomic E-state index is -4.51. The maximum Gasteiger partial charge on any atom is 0.405 e. The van der Waals surface area contributed by atoms with E-state index in [1.165, 1.54) is 19.2 Å². The second-order valence-corrected chi connectivity index (χ2v) is 9.17. The summed E-state index contributed by atoms with van der Waals surface area (Å²) in [7, 11) is 3.13. The van der Waals surface area contributed by atoms with Crippen molar-refractivity contribution in [1.29, 1.82) is 0 Å². The van der Waals surface area contributed by atoms with Gasteiger partial charge in [0.2, 0.25) is 0 Å². The van der Waals surface area contributed by atoms with Gasteiger partial charge in [0.05, 0.1) is 24.4 Å². The van der Waals surface area contributed by atoms with Crippen molar-refractivity contribution in [2.45, 2.75) is 38.1 Å². The molecule has 0 spiro atoms. The molecule has 0 saturated carbocycles. The van der Waals surface area contributed by atoms with Crippen LogP contribution in [0.15, 0.2) is 42.6 Å². The number of methoxy groups -OCH3 is 1. The molecule has 1 amide bonds. The molecular formula is C26H27F3N6O3. The van der Waals surface area contributed by atoms with Crippen LogP contribution < -0.4 is 10.1 Å². The number of carbonyl (C=O) groups excluding carboxylic acids is 1. The quantitative estimate of drug-likeness (QED) is 0.382. The summed E-state index contributed by atoms with van der Waals surface area (Å²) in [4.78, 5) is 16.9.